The molecule has 0 saturated carbocycles. The van der Waals surface area contributed by atoms with E-state index >= 15 is 0 Å². The maximum absolute atomic E-state index is 9.79. The molecule has 0 aliphatic carbocycles. The number of ether oxygens (including phenoxy) is 2. The highest BCUT2D eigenvalue weighted by Crippen LogP contribution is 1.91. The Morgan fingerprint density at radius 2 is 1.35 bits per heavy atom. The smallest absolute Gasteiger partial charge is 0.450 e. The maximum Gasteiger partial charge on any atom is 0.505 e. The van der Waals surface area contributed by atoms with Crippen LogP contribution in [-0.4, -0.2) is 61.1 Å². The monoisotopic (exact) mass is 251 g/mol. The van der Waals surface area contributed by atoms with Crippen molar-refractivity contribution in [1.29, 1.82) is 0 Å². The Morgan fingerprint density at radius 1 is 1.06 bits per heavy atom. The minimum Gasteiger partial charge on any atom is -0.450 e. The van der Waals surface area contributed by atoms with Gasteiger partial charge in [0.25, 0.3) is 0 Å². The molecule has 0 rings (SSSR count). The van der Waals surface area contributed by atoms with Gasteiger partial charge < -0.3 is 24.6 Å². The number of carboxylic acid groups (broad SMARTS) is 2. The lowest BCUT2D eigenvalue weighted by atomic mass is 10.3. The highest BCUT2D eigenvalue weighted by Gasteiger charge is 1.97. The third-order valence-corrected chi connectivity index (χ3v) is 1.20. The van der Waals surface area contributed by atoms with Crippen LogP contribution in [0.15, 0.2) is 0 Å². The van der Waals surface area contributed by atoms with Gasteiger partial charge in [0, 0.05) is 14.1 Å². The van der Waals surface area contributed by atoms with E-state index in [4.69, 9.17) is 10.2 Å². The number of carbonyl (C=O) groups excluding carboxylic acids is 1. The Balaban J connectivity index is 0. The SMILES string of the molecule is CN(C)C=O.O=C(O)OCCCCOC(=O)O. The van der Waals surface area contributed by atoms with Crippen molar-refractivity contribution < 1.29 is 34.1 Å². The molecule has 1 amide bonds. The molecule has 0 unspecified atom stereocenters. The van der Waals surface area contributed by atoms with Gasteiger partial charge in [-0.2, -0.15) is 0 Å². The fraction of sp³-hybridized carbons (Fsp3) is 0.667. The van der Waals surface area contributed by atoms with E-state index in [1.54, 1.807) is 14.1 Å². The van der Waals surface area contributed by atoms with E-state index in [9.17, 15) is 14.4 Å². The molecule has 8 heteroatoms. The van der Waals surface area contributed by atoms with Crippen LogP contribution in [-0.2, 0) is 14.3 Å². The van der Waals surface area contributed by atoms with Gasteiger partial charge in [-0.05, 0) is 12.8 Å². The van der Waals surface area contributed by atoms with Crippen molar-refractivity contribution in [2.45, 2.75) is 12.8 Å². The summed E-state index contributed by atoms with van der Waals surface area (Å²) in [4.78, 5) is 30.5. The molecular formula is C9H17NO7. The van der Waals surface area contributed by atoms with Crippen molar-refractivity contribution in [1.82, 2.24) is 4.90 Å². The van der Waals surface area contributed by atoms with Gasteiger partial charge in [-0.25, -0.2) is 9.59 Å². The number of amides is 1. The van der Waals surface area contributed by atoms with Crippen LogP contribution in [0.5, 0.6) is 0 Å². The second-order valence-electron chi connectivity index (χ2n) is 3.00. The van der Waals surface area contributed by atoms with Crippen molar-refractivity contribution in [3.05, 3.63) is 0 Å². The first kappa shape index (κ1) is 17.4. The lowest BCUT2D eigenvalue weighted by Crippen LogP contribution is -2.06. The summed E-state index contributed by atoms with van der Waals surface area (Å²) in [6, 6.07) is 0. The van der Waals surface area contributed by atoms with E-state index in [0.29, 0.717) is 12.8 Å². The molecule has 0 aromatic carbocycles. The van der Waals surface area contributed by atoms with Gasteiger partial charge in [0.2, 0.25) is 6.41 Å². The van der Waals surface area contributed by atoms with Crippen molar-refractivity contribution in [3.63, 3.8) is 0 Å². The molecule has 0 aromatic rings. The van der Waals surface area contributed by atoms with E-state index in [-0.39, 0.29) is 13.2 Å². The van der Waals surface area contributed by atoms with Crippen LogP contribution >= 0.6 is 0 Å². The fourth-order valence-electron chi connectivity index (χ4n) is 0.523. The molecule has 100 valence electrons. The number of hydrogen-bond donors (Lipinski definition) is 2. The van der Waals surface area contributed by atoms with Gasteiger partial charge in [-0.3, -0.25) is 4.79 Å². The molecule has 0 fully saturated rings. The summed E-state index contributed by atoms with van der Waals surface area (Å²) in [5.74, 6) is 0. The predicted octanol–water partition coefficient (Wildman–Crippen LogP) is 0.860. The van der Waals surface area contributed by atoms with Crippen LogP contribution in [0.3, 0.4) is 0 Å². The first-order valence-electron chi connectivity index (χ1n) is 4.73. The Bertz CT molecular complexity index is 211. The molecule has 0 radical (unpaired) electrons. The molecule has 0 bridgehead atoms. The summed E-state index contributed by atoms with van der Waals surface area (Å²) in [6.07, 6.45) is -0.984. The van der Waals surface area contributed by atoms with Crippen molar-refractivity contribution >= 4 is 18.7 Å². The molecule has 0 atom stereocenters. The topological polar surface area (TPSA) is 113 Å². The van der Waals surface area contributed by atoms with E-state index in [0.717, 1.165) is 6.41 Å². The summed E-state index contributed by atoms with van der Waals surface area (Å²) in [6.45, 7) is 0.136. The van der Waals surface area contributed by atoms with Gasteiger partial charge in [0.05, 0.1) is 13.2 Å². The predicted molar refractivity (Wildman–Crippen MR) is 56.9 cm³/mol. The molecule has 0 saturated heterocycles. The highest BCUT2D eigenvalue weighted by molar-refractivity contribution is 5.57. The van der Waals surface area contributed by atoms with E-state index in [2.05, 4.69) is 9.47 Å². The number of nitrogens with zero attached hydrogens (tertiary/aromatic N) is 1. The average molecular weight is 251 g/mol. The van der Waals surface area contributed by atoms with Crippen LogP contribution < -0.4 is 0 Å². The number of hydrogen-bond acceptors (Lipinski definition) is 5. The number of carbonyl (C=O) groups is 3. The third kappa shape index (κ3) is 24.9. The minimum absolute atomic E-state index is 0.0678. The summed E-state index contributed by atoms with van der Waals surface area (Å²) in [7, 11) is 3.38. The summed E-state index contributed by atoms with van der Waals surface area (Å²) >= 11 is 0. The first-order chi connectivity index (χ1) is 7.90. The summed E-state index contributed by atoms with van der Waals surface area (Å²) in [5.41, 5.74) is 0. The molecule has 0 aliphatic rings. The summed E-state index contributed by atoms with van der Waals surface area (Å²) in [5, 5.41) is 16.0. The second-order valence-corrected chi connectivity index (χ2v) is 3.00. The van der Waals surface area contributed by atoms with Crippen molar-refractivity contribution in [3.8, 4) is 0 Å². The van der Waals surface area contributed by atoms with Gasteiger partial charge in [-0.15, -0.1) is 0 Å². The molecular weight excluding hydrogens is 234 g/mol. The zero-order chi connectivity index (χ0) is 13.7. The zero-order valence-electron chi connectivity index (χ0n) is 9.79. The minimum atomic E-state index is -1.32. The van der Waals surface area contributed by atoms with E-state index in [1.807, 2.05) is 0 Å². The molecule has 2 N–H and O–H groups in total. The van der Waals surface area contributed by atoms with E-state index in [1.165, 1.54) is 4.90 Å². The van der Waals surface area contributed by atoms with Crippen molar-refractivity contribution in [2.75, 3.05) is 27.3 Å². The van der Waals surface area contributed by atoms with E-state index < -0.39 is 12.3 Å². The number of rotatable bonds is 6. The van der Waals surface area contributed by atoms with Crippen LogP contribution in [0.2, 0.25) is 0 Å². The lowest BCUT2D eigenvalue weighted by molar-refractivity contribution is -0.115. The Hall–Kier alpha value is -1.99. The van der Waals surface area contributed by atoms with Crippen molar-refractivity contribution in [2.24, 2.45) is 0 Å². The highest BCUT2D eigenvalue weighted by atomic mass is 16.7. The van der Waals surface area contributed by atoms with Gasteiger partial charge in [-0.1, -0.05) is 0 Å². The third-order valence-electron chi connectivity index (χ3n) is 1.20. The molecule has 8 nitrogen and oxygen atoms in total. The second kappa shape index (κ2) is 12.1. The van der Waals surface area contributed by atoms with Crippen LogP contribution in [0, 0.1) is 0 Å². The largest absolute Gasteiger partial charge is 0.505 e. The molecule has 0 heterocycles. The Labute approximate surface area is 98.7 Å². The van der Waals surface area contributed by atoms with Crippen LogP contribution in [0.25, 0.3) is 0 Å². The molecule has 0 aromatic heterocycles. The zero-order valence-corrected chi connectivity index (χ0v) is 9.79. The van der Waals surface area contributed by atoms with Crippen LogP contribution in [0.4, 0.5) is 9.59 Å². The lowest BCUT2D eigenvalue weighted by Gasteiger charge is -2.00. The molecule has 0 spiro atoms. The van der Waals surface area contributed by atoms with Gasteiger partial charge >= 0.3 is 12.3 Å². The van der Waals surface area contributed by atoms with Gasteiger partial charge in [0.15, 0.2) is 0 Å². The van der Waals surface area contributed by atoms with Gasteiger partial charge in [0.1, 0.15) is 0 Å². The Kier molecular flexibility index (Phi) is 12.4. The quantitative estimate of drug-likeness (QED) is 0.409. The molecule has 0 aliphatic heterocycles. The first-order valence-corrected chi connectivity index (χ1v) is 4.73. The van der Waals surface area contributed by atoms with Crippen LogP contribution in [0.1, 0.15) is 12.8 Å². The standard InChI is InChI=1S/C6H10O6.C3H7NO/c7-5(8)11-3-1-2-4-12-6(9)10;1-4(2)3-5/h1-4H2,(H,7,8)(H,9,10);3H,1-2H3. The fourth-order valence-corrected chi connectivity index (χ4v) is 0.523. The normalized spacial score (nSPS) is 8.35. The average Bonchev–Trinajstić information content (AvgIpc) is 2.23. The summed E-state index contributed by atoms with van der Waals surface area (Å²) < 4.78 is 8.33. The number of unbranched alkanes of at least 4 members (excludes halogenated alkanes) is 1. The maximum atomic E-state index is 9.79. The Morgan fingerprint density at radius 3 is 1.53 bits per heavy atom. The molecule has 17 heavy (non-hydrogen) atoms.